The number of benzene rings is 1. The molecule has 1 aliphatic carbocycles. The van der Waals surface area contributed by atoms with E-state index in [9.17, 15) is 4.79 Å². The fourth-order valence-electron chi connectivity index (χ4n) is 1.76. The second-order valence-corrected chi connectivity index (χ2v) is 4.77. The zero-order chi connectivity index (χ0) is 11.8. The van der Waals surface area contributed by atoms with Gasteiger partial charge in [-0.25, -0.2) is 0 Å². The van der Waals surface area contributed by atoms with Gasteiger partial charge >= 0.3 is 0 Å². The van der Waals surface area contributed by atoms with Gasteiger partial charge in [-0.1, -0.05) is 23.8 Å². The first-order chi connectivity index (χ1) is 7.51. The van der Waals surface area contributed by atoms with Gasteiger partial charge in [0.05, 0.1) is 5.54 Å². The van der Waals surface area contributed by atoms with Crippen molar-refractivity contribution in [2.45, 2.75) is 38.8 Å². The molecule has 0 spiro atoms. The van der Waals surface area contributed by atoms with Gasteiger partial charge in [-0.05, 0) is 37.8 Å². The van der Waals surface area contributed by atoms with Crippen molar-refractivity contribution in [2.75, 3.05) is 0 Å². The van der Waals surface area contributed by atoms with Crippen LogP contribution in [-0.2, 0) is 11.3 Å². The third kappa shape index (κ3) is 3.20. The van der Waals surface area contributed by atoms with Crippen molar-refractivity contribution in [2.24, 2.45) is 5.73 Å². The van der Waals surface area contributed by atoms with Gasteiger partial charge in [0.25, 0.3) is 0 Å². The molecular weight excluding hydrogens is 236 g/mol. The molecule has 1 aliphatic rings. The number of halogens is 1. The van der Waals surface area contributed by atoms with Crippen LogP contribution in [0.15, 0.2) is 18.2 Å². The summed E-state index contributed by atoms with van der Waals surface area (Å²) in [6.45, 7) is 4.70. The van der Waals surface area contributed by atoms with Gasteiger partial charge in [-0.15, -0.1) is 12.4 Å². The summed E-state index contributed by atoms with van der Waals surface area (Å²) in [4.78, 5) is 11.6. The van der Waals surface area contributed by atoms with Crippen LogP contribution >= 0.6 is 12.4 Å². The Balaban J connectivity index is 0.00000144. The molecule has 2 rings (SSSR count). The van der Waals surface area contributed by atoms with E-state index in [0.29, 0.717) is 6.54 Å². The maximum absolute atomic E-state index is 11.6. The quantitative estimate of drug-likeness (QED) is 0.865. The Kier molecular flexibility index (Phi) is 4.17. The first-order valence-corrected chi connectivity index (χ1v) is 5.65. The zero-order valence-corrected chi connectivity index (χ0v) is 11.1. The van der Waals surface area contributed by atoms with Crippen LogP contribution in [0.4, 0.5) is 0 Å². The topological polar surface area (TPSA) is 55.1 Å². The summed E-state index contributed by atoms with van der Waals surface area (Å²) >= 11 is 0. The van der Waals surface area contributed by atoms with Gasteiger partial charge < -0.3 is 11.1 Å². The van der Waals surface area contributed by atoms with Gasteiger partial charge in [-0.3, -0.25) is 4.79 Å². The van der Waals surface area contributed by atoms with E-state index in [1.165, 1.54) is 11.1 Å². The van der Waals surface area contributed by atoms with Gasteiger partial charge in [-0.2, -0.15) is 0 Å². The second kappa shape index (κ2) is 5.07. The highest BCUT2D eigenvalue weighted by Gasteiger charge is 2.45. The average Bonchev–Trinajstić information content (AvgIpc) is 2.96. The van der Waals surface area contributed by atoms with Crippen LogP contribution in [0.25, 0.3) is 0 Å². The fraction of sp³-hybridized carbons (Fsp3) is 0.462. The predicted molar refractivity (Wildman–Crippen MR) is 71.2 cm³/mol. The van der Waals surface area contributed by atoms with Gasteiger partial charge in [0.1, 0.15) is 0 Å². The molecule has 0 aromatic heterocycles. The molecule has 17 heavy (non-hydrogen) atoms. The van der Waals surface area contributed by atoms with Crippen molar-refractivity contribution in [3.05, 3.63) is 34.9 Å². The molecular formula is C13H19ClN2O. The Morgan fingerprint density at radius 2 is 2.06 bits per heavy atom. The number of amides is 1. The summed E-state index contributed by atoms with van der Waals surface area (Å²) in [7, 11) is 0. The number of nitrogens with two attached hydrogens (primary N) is 1. The van der Waals surface area contributed by atoms with E-state index in [4.69, 9.17) is 5.73 Å². The van der Waals surface area contributed by atoms with E-state index in [1.54, 1.807) is 0 Å². The van der Waals surface area contributed by atoms with E-state index in [1.807, 2.05) is 0 Å². The molecule has 4 heteroatoms. The predicted octanol–water partition coefficient (Wildman–Crippen LogP) is 1.83. The molecule has 1 fully saturated rings. The number of carbonyl (C=O) groups is 1. The van der Waals surface area contributed by atoms with Crippen molar-refractivity contribution in [3.8, 4) is 0 Å². The number of aryl methyl sites for hydroxylation is 2. The lowest BCUT2D eigenvalue weighted by molar-refractivity contribution is -0.123. The number of hydrogen-bond donors (Lipinski definition) is 2. The van der Waals surface area contributed by atoms with Crippen molar-refractivity contribution < 1.29 is 4.79 Å². The third-order valence-corrected chi connectivity index (χ3v) is 3.18. The first kappa shape index (κ1) is 14.0. The summed E-state index contributed by atoms with van der Waals surface area (Å²) < 4.78 is 0. The van der Waals surface area contributed by atoms with Gasteiger partial charge in [0.15, 0.2) is 0 Å². The smallest absolute Gasteiger partial charge is 0.240 e. The normalized spacial score (nSPS) is 15.9. The minimum atomic E-state index is -0.571. The average molecular weight is 255 g/mol. The number of nitrogens with one attached hydrogen (secondary N) is 1. The number of hydrogen-bond acceptors (Lipinski definition) is 2. The number of carbonyl (C=O) groups excluding carboxylic acids is 1. The molecule has 94 valence electrons. The molecule has 3 N–H and O–H groups in total. The Labute approximate surface area is 108 Å². The minimum Gasteiger partial charge on any atom is -0.350 e. The summed E-state index contributed by atoms with van der Waals surface area (Å²) in [5.41, 5.74) is 8.84. The van der Waals surface area contributed by atoms with Crippen LogP contribution < -0.4 is 11.1 Å². The van der Waals surface area contributed by atoms with Gasteiger partial charge in [0.2, 0.25) is 5.91 Å². The van der Waals surface area contributed by atoms with Gasteiger partial charge in [0, 0.05) is 6.54 Å². The molecule has 0 heterocycles. The molecule has 1 aromatic carbocycles. The molecule has 1 aromatic rings. The summed E-state index contributed by atoms with van der Waals surface area (Å²) in [6.07, 6.45) is 1.62. The maximum atomic E-state index is 11.6. The van der Waals surface area contributed by atoms with Crippen LogP contribution in [0.2, 0.25) is 0 Å². The molecule has 1 saturated carbocycles. The van der Waals surface area contributed by atoms with E-state index < -0.39 is 5.54 Å². The monoisotopic (exact) mass is 254 g/mol. The Morgan fingerprint density at radius 1 is 1.41 bits per heavy atom. The molecule has 0 atom stereocenters. The Morgan fingerprint density at radius 3 is 2.59 bits per heavy atom. The molecule has 0 saturated heterocycles. The van der Waals surface area contributed by atoms with Crippen molar-refractivity contribution in [1.82, 2.24) is 5.32 Å². The Hall–Kier alpha value is -1.06. The summed E-state index contributed by atoms with van der Waals surface area (Å²) in [6, 6.07) is 6.24. The van der Waals surface area contributed by atoms with Crippen LogP contribution in [0, 0.1) is 13.8 Å². The van der Waals surface area contributed by atoms with E-state index >= 15 is 0 Å². The summed E-state index contributed by atoms with van der Waals surface area (Å²) in [5, 5.41) is 2.90. The number of rotatable bonds is 3. The molecule has 1 amide bonds. The zero-order valence-electron chi connectivity index (χ0n) is 10.2. The highest BCUT2D eigenvalue weighted by atomic mass is 35.5. The molecule has 0 bridgehead atoms. The van der Waals surface area contributed by atoms with Crippen LogP contribution in [0.3, 0.4) is 0 Å². The highest BCUT2D eigenvalue weighted by Crippen LogP contribution is 2.32. The summed E-state index contributed by atoms with van der Waals surface area (Å²) in [5.74, 6) is -0.0209. The highest BCUT2D eigenvalue weighted by molar-refractivity contribution is 5.88. The first-order valence-electron chi connectivity index (χ1n) is 5.65. The molecule has 3 nitrogen and oxygen atoms in total. The van der Waals surface area contributed by atoms with Crippen molar-refractivity contribution in [1.29, 1.82) is 0 Å². The van der Waals surface area contributed by atoms with Crippen LogP contribution in [0.1, 0.15) is 29.5 Å². The fourth-order valence-corrected chi connectivity index (χ4v) is 1.76. The minimum absolute atomic E-state index is 0. The standard InChI is InChI=1S/C13H18N2O.ClH/c1-9-3-4-11(10(2)7-9)8-15-12(16)13(14)5-6-13;/h3-4,7H,5-6,8,14H2,1-2H3,(H,15,16);1H. The molecule has 0 unspecified atom stereocenters. The SMILES string of the molecule is Cc1ccc(CNC(=O)C2(N)CC2)c(C)c1.Cl. The Bertz CT molecular complexity index is 427. The van der Waals surface area contributed by atoms with Crippen molar-refractivity contribution in [3.63, 3.8) is 0 Å². The maximum Gasteiger partial charge on any atom is 0.240 e. The lowest BCUT2D eigenvalue weighted by Gasteiger charge is -2.12. The third-order valence-electron chi connectivity index (χ3n) is 3.18. The van der Waals surface area contributed by atoms with E-state index in [0.717, 1.165) is 18.4 Å². The van der Waals surface area contributed by atoms with E-state index in [2.05, 4.69) is 37.4 Å². The molecule has 0 radical (unpaired) electrons. The van der Waals surface area contributed by atoms with Crippen molar-refractivity contribution >= 4 is 18.3 Å². The second-order valence-electron chi connectivity index (χ2n) is 4.77. The lowest BCUT2D eigenvalue weighted by Crippen LogP contribution is -2.42. The largest absolute Gasteiger partial charge is 0.350 e. The molecule has 0 aliphatic heterocycles. The van der Waals surface area contributed by atoms with Crippen LogP contribution in [-0.4, -0.2) is 11.4 Å². The lowest BCUT2D eigenvalue weighted by atomic mass is 10.1. The van der Waals surface area contributed by atoms with E-state index in [-0.39, 0.29) is 18.3 Å². The van der Waals surface area contributed by atoms with Crippen LogP contribution in [0.5, 0.6) is 0 Å².